The number of nitrogens with zero attached hydrogens (tertiary/aromatic N) is 3. The zero-order chi connectivity index (χ0) is 13.4. The SMILES string of the molecule is Cc1cc(C2CCCN2C(=O)c2[nH]ncc2N)on1. The van der Waals surface area contributed by atoms with E-state index in [0.29, 0.717) is 17.9 Å². The number of likely N-dealkylation sites (tertiary alicyclic amines) is 1. The van der Waals surface area contributed by atoms with Crippen molar-refractivity contribution in [1.29, 1.82) is 0 Å². The third-order valence-electron chi connectivity index (χ3n) is 3.37. The third-order valence-corrected chi connectivity index (χ3v) is 3.37. The number of H-pyrrole nitrogens is 1. The first-order valence-electron chi connectivity index (χ1n) is 6.20. The molecule has 0 aromatic carbocycles. The summed E-state index contributed by atoms with van der Waals surface area (Å²) in [5.41, 5.74) is 7.24. The first-order valence-corrected chi connectivity index (χ1v) is 6.20. The summed E-state index contributed by atoms with van der Waals surface area (Å²) in [6, 6.07) is 1.79. The standard InChI is InChI=1S/C12H15N5O2/c1-7-5-10(19-16-7)9-3-2-4-17(9)12(18)11-8(13)6-14-15-11/h5-6,9H,2-4,13H2,1H3,(H,14,15). The van der Waals surface area contributed by atoms with E-state index in [4.69, 9.17) is 10.3 Å². The summed E-state index contributed by atoms with van der Waals surface area (Å²) in [6.07, 6.45) is 3.25. The predicted molar refractivity (Wildman–Crippen MR) is 67.3 cm³/mol. The van der Waals surface area contributed by atoms with Gasteiger partial charge in [-0.1, -0.05) is 5.16 Å². The molecule has 3 N–H and O–H groups in total. The molecule has 100 valence electrons. The highest BCUT2D eigenvalue weighted by atomic mass is 16.5. The Balaban J connectivity index is 1.88. The Morgan fingerprint density at radius 2 is 2.47 bits per heavy atom. The van der Waals surface area contributed by atoms with Gasteiger partial charge in [-0.05, 0) is 19.8 Å². The zero-order valence-electron chi connectivity index (χ0n) is 10.6. The minimum atomic E-state index is -0.147. The maximum absolute atomic E-state index is 12.4. The largest absolute Gasteiger partial charge is 0.396 e. The van der Waals surface area contributed by atoms with Crippen LogP contribution in [0.15, 0.2) is 16.8 Å². The van der Waals surface area contributed by atoms with Crippen molar-refractivity contribution < 1.29 is 9.32 Å². The van der Waals surface area contributed by atoms with Gasteiger partial charge in [0.05, 0.1) is 23.6 Å². The Morgan fingerprint density at radius 3 is 3.11 bits per heavy atom. The monoisotopic (exact) mass is 261 g/mol. The van der Waals surface area contributed by atoms with Crippen LogP contribution in [0.25, 0.3) is 0 Å². The molecular weight excluding hydrogens is 246 g/mol. The van der Waals surface area contributed by atoms with Crippen LogP contribution >= 0.6 is 0 Å². The number of nitrogens with one attached hydrogen (secondary N) is 1. The normalized spacial score (nSPS) is 19.0. The highest BCUT2D eigenvalue weighted by Gasteiger charge is 2.34. The van der Waals surface area contributed by atoms with Gasteiger partial charge in [-0.15, -0.1) is 0 Å². The lowest BCUT2D eigenvalue weighted by Gasteiger charge is -2.22. The first kappa shape index (κ1) is 11.8. The molecule has 1 amide bonds. The third kappa shape index (κ3) is 1.96. The molecule has 0 spiro atoms. The van der Waals surface area contributed by atoms with Gasteiger partial charge in [0.2, 0.25) is 0 Å². The summed E-state index contributed by atoms with van der Waals surface area (Å²) >= 11 is 0. The number of rotatable bonds is 2. The quantitative estimate of drug-likeness (QED) is 0.847. The number of anilines is 1. The molecule has 7 nitrogen and oxygen atoms in total. The number of aryl methyl sites for hydroxylation is 1. The zero-order valence-corrected chi connectivity index (χ0v) is 10.6. The second-order valence-corrected chi connectivity index (χ2v) is 4.73. The van der Waals surface area contributed by atoms with E-state index in [1.807, 2.05) is 13.0 Å². The molecule has 1 saturated heterocycles. The average Bonchev–Trinajstić information content (AvgIpc) is 3.07. The molecule has 3 rings (SSSR count). The van der Waals surface area contributed by atoms with Gasteiger partial charge in [-0.3, -0.25) is 9.89 Å². The van der Waals surface area contributed by atoms with Crippen LogP contribution in [0.2, 0.25) is 0 Å². The van der Waals surface area contributed by atoms with Crippen molar-refractivity contribution in [2.45, 2.75) is 25.8 Å². The fourth-order valence-electron chi connectivity index (χ4n) is 2.46. The first-order chi connectivity index (χ1) is 9.16. The predicted octanol–water partition coefficient (Wildman–Crippen LogP) is 1.27. The second kappa shape index (κ2) is 4.42. The van der Waals surface area contributed by atoms with E-state index in [1.54, 1.807) is 4.90 Å². The lowest BCUT2D eigenvalue weighted by Crippen LogP contribution is -2.31. The fraction of sp³-hybridized carbons (Fsp3) is 0.417. The Labute approximate surface area is 109 Å². The molecule has 2 aromatic rings. The van der Waals surface area contributed by atoms with Gasteiger partial charge in [0.25, 0.3) is 5.91 Å². The molecular formula is C12H15N5O2. The summed E-state index contributed by atoms with van der Waals surface area (Å²) in [7, 11) is 0. The molecule has 3 heterocycles. The minimum Gasteiger partial charge on any atom is -0.396 e. The highest BCUT2D eigenvalue weighted by Crippen LogP contribution is 2.33. The number of hydrogen-bond acceptors (Lipinski definition) is 5. The number of nitrogens with two attached hydrogens (primary N) is 1. The molecule has 0 aliphatic carbocycles. The van der Waals surface area contributed by atoms with Crippen molar-refractivity contribution in [3.63, 3.8) is 0 Å². The molecule has 1 unspecified atom stereocenters. The van der Waals surface area contributed by atoms with Gasteiger partial charge < -0.3 is 15.2 Å². The number of carbonyl (C=O) groups is 1. The minimum absolute atomic E-state index is 0.0728. The summed E-state index contributed by atoms with van der Waals surface area (Å²) < 4.78 is 5.28. The lowest BCUT2D eigenvalue weighted by molar-refractivity contribution is 0.0709. The van der Waals surface area contributed by atoms with Gasteiger partial charge >= 0.3 is 0 Å². The van der Waals surface area contributed by atoms with Crippen molar-refractivity contribution >= 4 is 11.6 Å². The van der Waals surface area contributed by atoms with E-state index in [1.165, 1.54) is 6.20 Å². The topological polar surface area (TPSA) is 101 Å². The van der Waals surface area contributed by atoms with Crippen molar-refractivity contribution in [1.82, 2.24) is 20.3 Å². The maximum atomic E-state index is 12.4. The molecule has 1 atom stereocenters. The van der Waals surface area contributed by atoms with Crippen LogP contribution in [0.1, 0.15) is 40.8 Å². The molecule has 7 heteroatoms. The van der Waals surface area contributed by atoms with Crippen molar-refractivity contribution in [3.8, 4) is 0 Å². The maximum Gasteiger partial charge on any atom is 0.274 e. The van der Waals surface area contributed by atoms with E-state index in [9.17, 15) is 4.79 Å². The van der Waals surface area contributed by atoms with E-state index in [2.05, 4.69) is 15.4 Å². The van der Waals surface area contributed by atoms with Gasteiger partial charge in [-0.25, -0.2) is 0 Å². The number of aromatic nitrogens is 3. The summed E-state index contributed by atoms with van der Waals surface area (Å²) in [5, 5.41) is 10.3. The van der Waals surface area contributed by atoms with Crippen LogP contribution in [0.5, 0.6) is 0 Å². The molecule has 1 aliphatic rings. The van der Waals surface area contributed by atoms with Crippen LogP contribution in [-0.4, -0.2) is 32.7 Å². The fourth-order valence-corrected chi connectivity index (χ4v) is 2.46. The number of carbonyl (C=O) groups excluding carboxylic acids is 1. The molecule has 0 radical (unpaired) electrons. The molecule has 0 saturated carbocycles. The van der Waals surface area contributed by atoms with E-state index in [0.717, 1.165) is 24.3 Å². The number of aromatic amines is 1. The van der Waals surface area contributed by atoms with Crippen molar-refractivity contribution in [2.24, 2.45) is 0 Å². The smallest absolute Gasteiger partial charge is 0.274 e. The Hall–Kier alpha value is -2.31. The highest BCUT2D eigenvalue weighted by molar-refractivity contribution is 5.97. The molecule has 0 bridgehead atoms. The van der Waals surface area contributed by atoms with Crippen molar-refractivity contribution in [3.05, 3.63) is 29.4 Å². The Morgan fingerprint density at radius 1 is 1.63 bits per heavy atom. The summed E-state index contributed by atoms with van der Waals surface area (Å²) in [6.45, 7) is 2.54. The average molecular weight is 261 g/mol. The Bertz CT molecular complexity index is 603. The van der Waals surface area contributed by atoms with E-state index < -0.39 is 0 Å². The summed E-state index contributed by atoms with van der Waals surface area (Å²) in [4.78, 5) is 14.2. The van der Waals surface area contributed by atoms with Crippen LogP contribution in [0.3, 0.4) is 0 Å². The van der Waals surface area contributed by atoms with Gasteiger partial charge in [0, 0.05) is 12.6 Å². The molecule has 19 heavy (non-hydrogen) atoms. The van der Waals surface area contributed by atoms with E-state index >= 15 is 0 Å². The second-order valence-electron chi connectivity index (χ2n) is 4.73. The lowest BCUT2D eigenvalue weighted by atomic mass is 10.1. The summed E-state index contributed by atoms with van der Waals surface area (Å²) in [5.74, 6) is 0.577. The number of hydrogen-bond donors (Lipinski definition) is 2. The van der Waals surface area contributed by atoms with E-state index in [-0.39, 0.29) is 11.9 Å². The number of amides is 1. The number of nitrogen functional groups attached to an aromatic ring is 1. The molecule has 2 aromatic heterocycles. The Kier molecular flexibility index (Phi) is 2.73. The van der Waals surface area contributed by atoms with Crippen LogP contribution in [-0.2, 0) is 0 Å². The van der Waals surface area contributed by atoms with Crippen LogP contribution < -0.4 is 5.73 Å². The molecule has 1 fully saturated rings. The van der Waals surface area contributed by atoms with Crippen molar-refractivity contribution in [2.75, 3.05) is 12.3 Å². The van der Waals surface area contributed by atoms with Crippen LogP contribution in [0, 0.1) is 6.92 Å². The van der Waals surface area contributed by atoms with Gasteiger partial charge in [0.15, 0.2) is 5.76 Å². The molecule has 1 aliphatic heterocycles. The van der Waals surface area contributed by atoms with Gasteiger partial charge in [0.1, 0.15) is 5.69 Å². The van der Waals surface area contributed by atoms with Crippen LogP contribution in [0.4, 0.5) is 5.69 Å². The van der Waals surface area contributed by atoms with Gasteiger partial charge in [-0.2, -0.15) is 5.10 Å².